The summed E-state index contributed by atoms with van der Waals surface area (Å²) in [6.45, 7) is 1.30. The minimum Gasteiger partial charge on any atom is -0.298 e. The number of nitrogens with zero attached hydrogens (tertiary/aromatic N) is 1. The molecular weight excluding hydrogens is 183 g/mol. The summed E-state index contributed by atoms with van der Waals surface area (Å²) in [6.07, 6.45) is -2.06. The molecule has 0 aliphatic rings. The van der Waals surface area contributed by atoms with Gasteiger partial charge in [0.2, 0.25) is 0 Å². The van der Waals surface area contributed by atoms with E-state index >= 15 is 0 Å². The van der Waals surface area contributed by atoms with Gasteiger partial charge in [-0.3, -0.25) is 9.78 Å². The predicted octanol–water partition coefficient (Wildman–Crippen LogP) is 2.28. The third-order valence-electron chi connectivity index (χ3n) is 1.64. The van der Waals surface area contributed by atoms with E-state index in [-0.39, 0.29) is 12.0 Å². The van der Waals surface area contributed by atoms with Crippen LogP contribution < -0.4 is 0 Å². The van der Waals surface area contributed by atoms with Crippen molar-refractivity contribution in [1.82, 2.24) is 4.98 Å². The highest BCUT2D eigenvalue weighted by Gasteiger charge is 2.19. The summed E-state index contributed by atoms with van der Waals surface area (Å²) in [5.41, 5.74) is -1.27. The number of rotatable bonds is 2. The van der Waals surface area contributed by atoms with Gasteiger partial charge in [0, 0.05) is 5.69 Å². The molecule has 1 heterocycles. The molecule has 0 N–H and O–H groups in total. The van der Waals surface area contributed by atoms with Gasteiger partial charge in [-0.2, -0.15) is 0 Å². The summed E-state index contributed by atoms with van der Waals surface area (Å²) < 4.78 is 37.3. The molecule has 0 aliphatic heterocycles. The van der Waals surface area contributed by atoms with Gasteiger partial charge in [-0.05, 0) is 6.92 Å². The first-order valence-corrected chi connectivity index (χ1v) is 3.46. The van der Waals surface area contributed by atoms with Crippen molar-refractivity contribution in [3.8, 4) is 0 Å². The van der Waals surface area contributed by atoms with Crippen LogP contribution in [0.4, 0.5) is 13.2 Å². The largest absolute Gasteiger partial charge is 0.298 e. The number of hydrogen-bond acceptors (Lipinski definition) is 2. The molecule has 5 heteroatoms. The topological polar surface area (TPSA) is 30.0 Å². The Hall–Kier alpha value is -1.39. The smallest absolute Gasteiger partial charge is 0.266 e. The van der Waals surface area contributed by atoms with Crippen molar-refractivity contribution in [2.24, 2.45) is 0 Å². The first-order valence-electron chi connectivity index (χ1n) is 3.46. The minimum atomic E-state index is -2.89. The molecule has 0 aromatic carbocycles. The second kappa shape index (κ2) is 3.55. The fourth-order valence-corrected chi connectivity index (χ4v) is 1.01. The molecule has 0 radical (unpaired) electrons. The molecule has 0 aliphatic carbocycles. The maximum absolute atomic E-state index is 12.8. The van der Waals surface area contributed by atoms with Gasteiger partial charge in [-0.1, -0.05) is 0 Å². The van der Waals surface area contributed by atoms with Crippen LogP contribution in [0, 0.1) is 12.7 Å². The average molecular weight is 189 g/mol. The SMILES string of the molecule is Cc1ncc(F)c(C=O)c1C(F)F. The zero-order valence-corrected chi connectivity index (χ0v) is 6.72. The molecule has 70 valence electrons. The van der Waals surface area contributed by atoms with Crippen LogP contribution in [-0.2, 0) is 0 Å². The maximum atomic E-state index is 12.8. The Kier molecular flexibility index (Phi) is 2.65. The van der Waals surface area contributed by atoms with Crippen LogP contribution in [0.15, 0.2) is 6.20 Å². The quantitative estimate of drug-likeness (QED) is 0.668. The second-order valence-electron chi connectivity index (χ2n) is 2.44. The van der Waals surface area contributed by atoms with Crippen LogP contribution in [-0.4, -0.2) is 11.3 Å². The van der Waals surface area contributed by atoms with Crippen molar-refractivity contribution in [3.63, 3.8) is 0 Å². The van der Waals surface area contributed by atoms with Crippen molar-refractivity contribution >= 4 is 6.29 Å². The van der Waals surface area contributed by atoms with Crippen LogP contribution in [0.25, 0.3) is 0 Å². The summed E-state index contributed by atoms with van der Waals surface area (Å²) in [6, 6.07) is 0. The highest BCUT2D eigenvalue weighted by atomic mass is 19.3. The Morgan fingerprint density at radius 2 is 2.15 bits per heavy atom. The zero-order valence-electron chi connectivity index (χ0n) is 6.72. The van der Waals surface area contributed by atoms with Gasteiger partial charge in [-0.25, -0.2) is 13.2 Å². The highest BCUT2D eigenvalue weighted by Crippen LogP contribution is 2.25. The number of halogens is 3. The maximum Gasteiger partial charge on any atom is 0.266 e. The summed E-state index contributed by atoms with van der Waals surface area (Å²) in [4.78, 5) is 13.7. The highest BCUT2D eigenvalue weighted by molar-refractivity contribution is 5.78. The van der Waals surface area contributed by atoms with Gasteiger partial charge >= 0.3 is 0 Å². The Bertz CT molecular complexity index is 338. The minimum absolute atomic E-state index is 0.0292. The van der Waals surface area contributed by atoms with E-state index in [1.54, 1.807) is 0 Å². The van der Waals surface area contributed by atoms with E-state index in [2.05, 4.69) is 4.98 Å². The Morgan fingerprint density at radius 3 is 2.54 bits per heavy atom. The normalized spacial score (nSPS) is 10.5. The first-order chi connectivity index (χ1) is 6.07. The van der Waals surface area contributed by atoms with E-state index in [0.717, 1.165) is 6.20 Å². The fourth-order valence-electron chi connectivity index (χ4n) is 1.01. The number of hydrogen-bond donors (Lipinski definition) is 0. The molecule has 13 heavy (non-hydrogen) atoms. The van der Waals surface area contributed by atoms with Crippen LogP contribution >= 0.6 is 0 Å². The van der Waals surface area contributed by atoms with Gasteiger partial charge < -0.3 is 0 Å². The lowest BCUT2D eigenvalue weighted by Gasteiger charge is -2.06. The van der Waals surface area contributed by atoms with Gasteiger partial charge in [0.05, 0.1) is 17.3 Å². The third-order valence-corrected chi connectivity index (χ3v) is 1.64. The lowest BCUT2D eigenvalue weighted by Crippen LogP contribution is -2.02. The number of alkyl halides is 2. The van der Waals surface area contributed by atoms with Crippen molar-refractivity contribution < 1.29 is 18.0 Å². The zero-order chi connectivity index (χ0) is 10.0. The van der Waals surface area contributed by atoms with Crippen LogP contribution in [0.2, 0.25) is 0 Å². The van der Waals surface area contributed by atoms with Crippen LogP contribution in [0.1, 0.15) is 28.0 Å². The van der Waals surface area contributed by atoms with E-state index in [4.69, 9.17) is 0 Å². The van der Waals surface area contributed by atoms with Crippen molar-refractivity contribution in [1.29, 1.82) is 0 Å². The average Bonchev–Trinajstić information content (AvgIpc) is 2.07. The number of aldehydes is 1. The Balaban J connectivity index is 3.43. The van der Waals surface area contributed by atoms with E-state index in [1.165, 1.54) is 6.92 Å². The lowest BCUT2D eigenvalue weighted by atomic mass is 10.1. The van der Waals surface area contributed by atoms with E-state index < -0.39 is 23.4 Å². The van der Waals surface area contributed by atoms with E-state index in [1.807, 2.05) is 0 Å². The summed E-state index contributed by atoms with van der Waals surface area (Å²) in [7, 11) is 0. The standard InChI is InChI=1S/C8H6F3NO/c1-4-7(8(10)11)5(3-13)6(9)2-12-4/h2-3,8H,1H3. The number of aryl methyl sites for hydroxylation is 1. The molecular formula is C8H6F3NO. The molecule has 0 atom stereocenters. The fraction of sp³-hybridized carbons (Fsp3) is 0.250. The van der Waals surface area contributed by atoms with Crippen molar-refractivity contribution in [3.05, 3.63) is 28.8 Å². The summed E-state index contributed by atoms with van der Waals surface area (Å²) in [5, 5.41) is 0. The molecule has 0 unspecified atom stereocenters. The summed E-state index contributed by atoms with van der Waals surface area (Å²) in [5.74, 6) is -1.02. The molecule has 1 rings (SSSR count). The second-order valence-corrected chi connectivity index (χ2v) is 2.44. The van der Waals surface area contributed by atoms with E-state index in [9.17, 15) is 18.0 Å². The molecule has 0 saturated heterocycles. The number of aromatic nitrogens is 1. The molecule has 1 aromatic rings. The van der Waals surface area contributed by atoms with Crippen LogP contribution in [0.5, 0.6) is 0 Å². The molecule has 0 spiro atoms. The van der Waals surface area contributed by atoms with Gasteiger partial charge in [0.1, 0.15) is 0 Å². The molecule has 2 nitrogen and oxygen atoms in total. The van der Waals surface area contributed by atoms with E-state index in [0.29, 0.717) is 0 Å². The number of carbonyl (C=O) groups excluding carboxylic acids is 1. The monoisotopic (exact) mass is 189 g/mol. The molecule has 0 amide bonds. The third kappa shape index (κ3) is 1.68. The van der Waals surface area contributed by atoms with Gasteiger partial charge in [-0.15, -0.1) is 0 Å². The predicted molar refractivity (Wildman–Crippen MR) is 39.3 cm³/mol. The first kappa shape index (κ1) is 9.70. The molecule has 1 aromatic heterocycles. The van der Waals surface area contributed by atoms with Gasteiger partial charge in [0.15, 0.2) is 12.1 Å². The molecule has 0 fully saturated rings. The molecule has 0 saturated carbocycles. The lowest BCUT2D eigenvalue weighted by molar-refractivity contribution is 0.110. The number of pyridine rings is 1. The van der Waals surface area contributed by atoms with Crippen molar-refractivity contribution in [2.45, 2.75) is 13.3 Å². The molecule has 0 bridgehead atoms. The number of carbonyl (C=O) groups is 1. The summed E-state index contributed by atoms with van der Waals surface area (Å²) >= 11 is 0. The Labute approximate surface area is 72.4 Å². The van der Waals surface area contributed by atoms with Gasteiger partial charge in [0.25, 0.3) is 6.43 Å². The van der Waals surface area contributed by atoms with Crippen LogP contribution in [0.3, 0.4) is 0 Å². The Morgan fingerprint density at radius 1 is 1.54 bits per heavy atom. The van der Waals surface area contributed by atoms with Crippen molar-refractivity contribution in [2.75, 3.05) is 0 Å².